The molecule has 1 aromatic rings. The van der Waals surface area contributed by atoms with E-state index in [0.717, 1.165) is 12.1 Å². The fraction of sp³-hybridized carbons (Fsp3) is 0.364. The van der Waals surface area contributed by atoms with Crippen LogP contribution < -0.4 is 0 Å². The molecular weight excluding hydrogens is 273 g/mol. The number of alkyl halides is 3. The van der Waals surface area contributed by atoms with Crippen molar-refractivity contribution in [2.24, 2.45) is 0 Å². The van der Waals surface area contributed by atoms with Crippen LogP contribution in [-0.2, 0) is 15.7 Å². The van der Waals surface area contributed by atoms with Gasteiger partial charge in [0.1, 0.15) is 0 Å². The van der Waals surface area contributed by atoms with Crippen molar-refractivity contribution in [2.45, 2.75) is 19.2 Å². The third-order valence-corrected chi connectivity index (χ3v) is 2.36. The number of aliphatic hydroxyl groups excluding tert-OH is 1. The molecule has 1 atom stereocenters. The van der Waals surface area contributed by atoms with Crippen molar-refractivity contribution in [3.8, 4) is 0 Å². The van der Waals surface area contributed by atoms with Gasteiger partial charge in [-0.1, -0.05) is 17.7 Å². The van der Waals surface area contributed by atoms with Crippen molar-refractivity contribution in [1.29, 1.82) is 0 Å². The molecule has 18 heavy (non-hydrogen) atoms. The van der Waals surface area contributed by atoms with Gasteiger partial charge in [0, 0.05) is 10.6 Å². The van der Waals surface area contributed by atoms with Crippen LogP contribution in [-0.4, -0.2) is 17.7 Å². The van der Waals surface area contributed by atoms with Crippen LogP contribution in [0.15, 0.2) is 18.2 Å². The standard InChI is InChI=1S/C11H10ClF3O3/c1-2-18-10(17)9(16)7-4-3-6(12)5-8(7)11(13,14)15/h3-5,9,16H,2H2,1H3. The summed E-state index contributed by atoms with van der Waals surface area (Å²) < 4.78 is 42.6. The molecule has 0 aliphatic rings. The van der Waals surface area contributed by atoms with E-state index in [2.05, 4.69) is 4.74 Å². The van der Waals surface area contributed by atoms with Gasteiger partial charge in [0.15, 0.2) is 6.10 Å². The van der Waals surface area contributed by atoms with Gasteiger partial charge < -0.3 is 9.84 Å². The summed E-state index contributed by atoms with van der Waals surface area (Å²) in [6.07, 6.45) is -6.70. The minimum Gasteiger partial charge on any atom is -0.464 e. The van der Waals surface area contributed by atoms with Gasteiger partial charge in [0.2, 0.25) is 0 Å². The molecule has 0 amide bonds. The van der Waals surface area contributed by atoms with Gasteiger partial charge in [-0.15, -0.1) is 0 Å². The number of hydrogen-bond donors (Lipinski definition) is 1. The van der Waals surface area contributed by atoms with Crippen molar-refractivity contribution in [1.82, 2.24) is 0 Å². The Morgan fingerprint density at radius 1 is 1.50 bits per heavy atom. The highest BCUT2D eigenvalue weighted by molar-refractivity contribution is 6.30. The first-order valence-electron chi connectivity index (χ1n) is 4.98. The Hall–Kier alpha value is -1.27. The number of benzene rings is 1. The maximum atomic E-state index is 12.7. The van der Waals surface area contributed by atoms with Crippen molar-refractivity contribution >= 4 is 17.6 Å². The van der Waals surface area contributed by atoms with Crippen LogP contribution in [0.2, 0.25) is 5.02 Å². The molecule has 7 heteroatoms. The average Bonchev–Trinajstić information content (AvgIpc) is 2.27. The highest BCUT2D eigenvalue weighted by Gasteiger charge is 2.37. The first-order valence-corrected chi connectivity index (χ1v) is 5.36. The predicted molar refractivity (Wildman–Crippen MR) is 58.0 cm³/mol. The molecule has 1 aromatic carbocycles. The van der Waals surface area contributed by atoms with Crippen molar-refractivity contribution in [2.75, 3.05) is 6.61 Å². The van der Waals surface area contributed by atoms with E-state index >= 15 is 0 Å². The van der Waals surface area contributed by atoms with E-state index < -0.39 is 29.4 Å². The fourth-order valence-corrected chi connectivity index (χ4v) is 1.53. The van der Waals surface area contributed by atoms with Crippen LogP contribution in [0.25, 0.3) is 0 Å². The van der Waals surface area contributed by atoms with Crippen molar-refractivity contribution in [3.63, 3.8) is 0 Å². The van der Waals surface area contributed by atoms with Gasteiger partial charge in [0.25, 0.3) is 0 Å². The Labute approximate surface area is 106 Å². The van der Waals surface area contributed by atoms with Crippen LogP contribution in [0.5, 0.6) is 0 Å². The first kappa shape index (κ1) is 14.8. The number of aliphatic hydroxyl groups is 1. The van der Waals surface area contributed by atoms with E-state index in [1.807, 2.05) is 0 Å². The lowest BCUT2D eigenvalue weighted by Crippen LogP contribution is -2.20. The number of ether oxygens (including phenoxy) is 1. The van der Waals surface area contributed by atoms with Crippen LogP contribution in [0.1, 0.15) is 24.2 Å². The number of esters is 1. The number of carbonyl (C=O) groups excluding carboxylic acids is 1. The lowest BCUT2D eigenvalue weighted by atomic mass is 10.0. The summed E-state index contributed by atoms with van der Waals surface area (Å²) in [5, 5.41) is 9.40. The minimum absolute atomic E-state index is 0.0369. The van der Waals surface area contributed by atoms with Gasteiger partial charge in [-0.05, 0) is 19.1 Å². The van der Waals surface area contributed by atoms with E-state index in [0.29, 0.717) is 6.07 Å². The molecule has 100 valence electrons. The molecule has 0 radical (unpaired) electrons. The van der Waals surface area contributed by atoms with E-state index in [-0.39, 0.29) is 11.6 Å². The molecule has 0 fully saturated rings. The van der Waals surface area contributed by atoms with Crippen LogP contribution in [0, 0.1) is 0 Å². The Bertz CT molecular complexity index is 446. The highest BCUT2D eigenvalue weighted by Crippen LogP contribution is 2.36. The molecule has 1 unspecified atom stereocenters. The largest absolute Gasteiger partial charge is 0.464 e. The molecule has 0 saturated heterocycles. The SMILES string of the molecule is CCOC(=O)C(O)c1ccc(Cl)cc1C(F)(F)F. The molecular formula is C11H10ClF3O3. The topological polar surface area (TPSA) is 46.5 Å². The average molecular weight is 283 g/mol. The number of hydrogen-bond acceptors (Lipinski definition) is 3. The molecule has 1 N–H and O–H groups in total. The molecule has 0 aromatic heterocycles. The molecule has 0 heterocycles. The summed E-state index contributed by atoms with van der Waals surface area (Å²) in [7, 11) is 0. The van der Waals surface area contributed by atoms with Gasteiger partial charge in [-0.25, -0.2) is 4.79 Å². The third kappa shape index (κ3) is 3.36. The molecule has 0 aliphatic carbocycles. The van der Waals surface area contributed by atoms with Crippen LogP contribution >= 0.6 is 11.6 Å². The Balaban J connectivity index is 3.20. The van der Waals surface area contributed by atoms with E-state index in [1.54, 1.807) is 0 Å². The lowest BCUT2D eigenvalue weighted by molar-refractivity contribution is -0.154. The first-order chi connectivity index (χ1) is 8.27. The molecule has 0 bridgehead atoms. The highest BCUT2D eigenvalue weighted by atomic mass is 35.5. The smallest absolute Gasteiger partial charge is 0.416 e. The van der Waals surface area contributed by atoms with Gasteiger partial charge in [0.05, 0.1) is 12.2 Å². The molecule has 3 nitrogen and oxygen atoms in total. The zero-order valence-corrected chi connectivity index (χ0v) is 10.0. The predicted octanol–water partition coefficient (Wildman–Crippen LogP) is 2.96. The second-order valence-electron chi connectivity index (χ2n) is 3.38. The van der Waals surface area contributed by atoms with Crippen LogP contribution in [0.3, 0.4) is 0 Å². The summed E-state index contributed by atoms with van der Waals surface area (Å²) in [6, 6.07) is 2.76. The van der Waals surface area contributed by atoms with Gasteiger partial charge in [-0.2, -0.15) is 13.2 Å². The second kappa shape index (κ2) is 5.58. The van der Waals surface area contributed by atoms with Gasteiger partial charge in [-0.3, -0.25) is 0 Å². The maximum Gasteiger partial charge on any atom is 0.416 e. The molecule has 0 aliphatic heterocycles. The fourth-order valence-electron chi connectivity index (χ4n) is 1.36. The summed E-state index contributed by atoms with van der Waals surface area (Å²) in [6.45, 7) is 1.45. The van der Waals surface area contributed by atoms with Gasteiger partial charge >= 0.3 is 12.1 Å². The van der Waals surface area contributed by atoms with E-state index in [1.165, 1.54) is 6.92 Å². The Morgan fingerprint density at radius 2 is 2.11 bits per heavy atom. The number of carbonyl (C=O) groups is 1. The minimum atomic E-state index is -4.71. The normalized spacial score (nSPS) is 13.2. The van der Waals surface area contributed by atoms with Crippen LogP contribution in [0.4, 0.5) is 13.2 Å². The molecule has 0 spiro atoms. The Kier molecular flexibility index (Phi) is 4.59. The zero-order chi connectivity index (χ0) is 13.9. The molecule has 1 rings (SSSR count). The Morgan fingerprint density at radius 3 is 2.61 bits per heavy atom. The number of rotatable bonds is 3. The third-order valence-electron chi connectivity index (χ3n) is 2.13. The summed E-state index contributed by atoms with van der Waals surface area (Å²) in [4.78, 5) is 11.2. The van der Waals surface area contributed by atoms with E-state index in [4.69, 9.17) is 11.6 Å². The summed E-state index contributed by atoms with van der Waals surface area (Å²) >= 11 is 5.47. The number of halogens is 4. The van der Waals surface area contributed by atoms with Crippen molar-refractivity contribution in [3.05, 3.63) is 34.3 Å². The summed E-state index contributed by atoms with van der Waals surface area (Å²) in [5.41, 5.74) is -1.74. The van der Waals surface area contributed by atoms with E-state index in [9.17, 15) is 23.1 Å². The molecule has 0 saturated carbocycles. The monoisotopic (exact) mass is 282 g/mol. The van der Waals surface area contributed by atoms with Crippen molar-refractivity contribution < 1.29 is 27.8 Å². The lowest BCUT2D eigenvalue weighted by Gasteiger charge is -2.16. The maximum absolute atomic E-state index is 12.7. The summed E-state index contributed by atoms with van der Waals surface area (Å²) in [5.74, 6) is -1.13. The quantitative estimate of drug-likeness (QED) is 0.867. The zero-order valence-electron chi connectivity index (χ0n) is 9.29. The second-order valence-corrected chi connectivity index (χ2v) is 3.82.